The zero-order valence-corrected chi connectivity index (χ0v) is 8.23. The third kappa shape index (κ3) is 2.73. The first-order valence-electron chi connectivity index (χ1n) is 4.34. The van der Waals surface area contributed by atoms with Crippen LogP contribution in [0.2, 0.25) is 0 Å². The van der Waals surface area contributed by atoms with Crippen molar-refractivity contribution in [2.45, 2.75) is 6.92 Å². The van der Waals surface area contributed by atoms with Gasteiger partial charge in [-0.1, -0.05) is 0 Å². The van der Waals surface area contributed by atoms with E-state index in [1.165, 1.54) is 12.1 Å². The van der Waals surface area contributed by atoms with E-state index < -0.39 is 0 Å². The number of carbonyl (C=O) groups excluding carboxylic acids is 1. The molecule has 0 bridgehead atoms. The fourth-order valence-corrected chi connectivity index (χ4v) is 1.09. The van der Waals surface area contributed by atoms with Crippen molar-refractivity contribution in [3.63, 3.8) is 0 Å². The topological polar surface area (TPSA) is 41.1 Å². The Morgan fingerprint density at radius 1 is 1.50 bits per heavy atom. The Morgan fingerprint density at radius 3 is 2.79 bits per heavy atom. The molecule has 0 atom stereocenters. The molecule has 0 aliphatic carbocycles. The van der Waals surface area contributed by atoms with Crippen molar-refractivity contribution < 1.29 is 9.18 Å². The molecule has 0 saturated carbocycles. The maximum absolute atomic E-state index is 12.7. The summed E-state index contributed by atoms with van der Waals surface area (Å²) < 4.78 is 12.7. The van der Waals surface area contributed by atoms with Gasteiger partial charge in [0.1, 0.15) is 5.82 Å². The second-order valence-corrected chi connectivity index (χ2v) is 2.99. The molecular weight excluding hydrogens is 183 g/mol. The van der Waals surface area contributed by atoms with E-state index in [0.29, 0.717) is 0 Å². The third-order valence-electron chi connectivity index (χ3n) is 1.91. The van der Waals surface area contributed by atoms with Crippen LogP contribution in [-0.4, -0.2) is 19.5 Å². The normalized spacial score (nSPS) is 9.64. The molecule has 0 radical (unpaired) electrons. The van der Waals surface area contributed by atoms with Gasteiger partial charge < -0.3 is 10.6 Å². The number of likely N-dealkylation sites (N-methyl/N-ethyl adjacent to an activating group) is 1. The standard InChI is InChI=1S/C10H13FN2O/c1-7-5-8(11)3-4-9(7)13-6-10(14)12-2/h3-5,13H,6H2,1-2H3,(H,12,14). The van der Waals surface area contributed by atoms with Crippen molar-refractivity contribution in [3.05, 3.63) is 29.6 Å². The summed E-state index contributed by atoms with van der Waals surface area (Å²) in [4.78, 5) is 10.9. The fraction of sp³-hybridized carbons (Fsp3) is 0.300. The summed E-state index contributed by atoms with van der Waals surface area (Å²) in [6.45, 7) is 1.98. The molecule has 14 heavy (non-hydrogen) atoms. The molecule has 0 aliphatic heterocycles. The second-order valence-electron chi connectivity index (χ2n) is 2.99. The van der Waals surface area contributed by atoms with Crippen LogP contribution in [0.15, 0.2) is 18.2 Å². The van der Waals surface area contributed by atoms with Gasteiger partial charge in [-0.3, -0.25) is 4.79 Å². The van der Waals surface area contributed by atoms with Gasteiger partial charge in [-0.05, 0) is 30.7 Å². The van der Waals surface area contributed by atoms with Crippen LogP contribution in [0.25, 0.3) is 0 Å². The molecule has 2 N–H and O–H groups in total. The zero-order valence-electron chi connectivity index (χ0n) is 8.23. The van der Waals surface area contributed by atoms with Gasteiger partial charge in [0.2, 0.25) is 5.91 Å². The van der Waals surface area contributed by atoms with Gasteiger partial charge >= 0.3 is 0 Å². The fourth-order valence-electron chi connectivity index (χ4n) is 1.09. The number of benzene rings is 1. The highest BCUT2D eigenvalue weighted by molar-refractivity contribution is 5.80. The Kier molecular flexibility index (Phi) is 3.45. The first-order valence-corrected chi connectivity index (χ1v) is 4.34. The highest BCUT2D eigenvalue weighted by Crippen LogP contribution is 2.14. The van der Waals surface area contributed by atoms with E-state index >= 15 is 0 Å². The molecule has 3 nitrogen and oxygen atoms in total. The van der Waals surface area contributed by atoms with Gasteiger partial charge in [0, 0.05) is 12.7 Å². The molecule has 1 aromatic carbocycles. The van der Waals surface area contributed by atoms with E-state index in [9.17, 15) is 9.18 Å². The van der Waals surface area contributed by atoms with Crippen LogP contribution in [0.4, 0.5) is 10.1 Å². The average Bonchev–Trinajstić information content (AvgIpc) is 2.16. The summed E-state index contributed by atoms with van der Waals surface area (Å²) >= 11 is 0. The highest BCUT2D eigenvalue weighted by Gasteiger charge is 2.01. The maximum atomic E-state index is 12.7. The zero-order chi connectivity index (χ0) is 10.6. The number of rotatable bonds is 3. The minimum absolute atomic E-state index is 0.103. The molecule has 0 heterocycles. The molecule has 1 aromatic rings. The van der Waals surface area contributed by atoms with Gasteiger partial charge in [-0.25, -0.2) is 4.39 Å². The summed E-state index contributed by atoms with van der Waals surface area (Å²) in [7, 11) is 1.57. The molecule has 4 heteroatoms. The van der Waals surface area contributed by atoms with Crippen LogP contribution in [-0.2, 0) is 4.79 Å². The number of hydrogen-bond acceptors (Lipinski definition) is 2. The molecule has 0 aromatic heterocycles. The number of hydrogen-bond donors (Lipinski definition) is 2. The van der Waals surface area contributed by atoms with Crippen LogP contribution >= 0.6 is 0 Å². The summed E-state index contributed by atoms with van der Waals surface area (Å²) in [5.74, 6) is -0.373. The van der Waals surface area contributed by atoms with Gasteiger partial charge in [0.25, 0.3) is 0 Å². The first kappa shape index (κ1) is 10.5. The molecule has 0 unspecified atom stereocenters. The van der Waals surface area contributed by atoms with E-state index in [4.69, 9.17) is 0 Å². The minimum atomic E-state index is -0.270. The highest BCUT2D eigenvalue weighted by atomic mass is 19.1. The predicted molar refractivity (Wildman–Crippen MR) is 53.7 cm³/mol. The Labute approximate surface area is 82.3 Å². The van der Waals surface area contributed by atoms with Crippen molar-refractivity contribution in [1.29, 1.82) is 0 Å². The quantitative estimate of drug-likeness (QED) is 0.764. The first-order chi connectivity index (χ1) is 6.63. The summed E-state index contributed by atoms with van der Waals surface area (Å²) in [5.41, 5.74) is 1.56. The monoisotopic (exact) mass is 196 g/mol. The van der Waals surface area contributed by atoms with E-state index in [-0.39, 0.29) is 18.3 Å². The molecule has 1 amide bonds. The molecule has 0 spiro atoms. The smallest absolute Gasteiger partial charge is 0.239 e. The molecule has 0 aliphatic rings. The Bertz CT molecular complexity index is 339. The van der Waals surface area contributed by atoms with Crippen molar-refractivity contribution in [1.82, 2.24) is 5.32 Å². The Morgan fingerprint density at radius 2 is 2.21 bits per heavy atom. The van der Waals surface area contributed by atoms with Gasteiger partial charge in [0.05, 0.1) is 6.54 Å². The molecule has 0 saturated heterocycles. The average molecular weight is 196 g/mol. The van der Waals surface area contributed by atoms with Gasteiger partial charge in [-0.2, -0.15) is 0 Å². The number of halogens is 1. The molecular formula is C10H13FN2O. The van der Waals surface area contributed by atoms with Crippen LogP contribution in [0.5, 0.6) is 0 Å². The predicted octanol–water partition coefficient (Wildman–Crippen LogP) is 1.29. The van der Waals surface area contributed by atoms with Crippen LogP contribution in [0.1, 0.15) is 5.56 Å². The van der Waals surface area contributed by atoms with Gasteiger partial charge in [0.15, 0.2) is 0 Å². The van der Waals surface area contributed by atoms with Crippen molar-refractivity contribution in [2.24, 2.45) is 0 Å². The number of carbonyl (C=O) groups is 1. The lowest BCUT2D eigenvalue weighted by Crippen LogP contribution is -2.26. The van der Waals surface area contributed by atoms with E-state index in [0.717, 1.165) is 11.3 Å². The SMILES string of the molecule is CNC(=O)CNc1ccc(F)cc1C. The van der Waals surface area contributed by atoms with Crippen LogP contribution < -0.4 is 10.6 Å². The number of aryl methyl sites for hydroxylation is 1. The summed E-state index contributed by atoms with van der Waals surface area (Å²) in [6.07, 6.45) is 0. The number of anilines is 1. The second kappa shape index (κ2) is 4.60. The summed E-state index contributed by atoms with van der Waals surface area (Å²) in [5, 5.41) is 5.40. The lowest BCUT2D eigenvalue weighted by molar-refractivity contribution is -0.118. The third-order valence-corrected chi connectivity index (χ3v) is 1.91. The van der Waals surface area contributed by atoms with E-state index in [2.05, 4.69) is 10.6 Å². The van der Waals surface area contributed by atoms with E-state index in [1.54, 1.807) is 20.0 Å². The number of nitrogens with one attached hydrogen (secondary N) is 2. The maximum Gasteiger partial charge on any atom is 0.239 e. The van der Waals surface area contributed by atoms with Crippen molar-refractivity contribution >= 4 is 11.6 Å². The van der Waals surface area contributed by atoms with Gasteiger partial charge in [-0.15, -0.1) is 0 Å². The Hall–Kier alpha value is -1.58. The van der Waals surface area contributed by atoms with Crippen LogP contribution in [0, 0.1) is 12.7 Å². The molecule has 76 valence electrons. The largest absolute Gasteiger partial charge is 0.376 e. The minimum Gasteiger partial charge on any atom is -0.376 e. The molecule has 0 fully saturated rings. The van der Waals surface area contributed by atoms with Crippen LogP contribution in [0.3, 0.4) is 0 Å². The van der Waals surface area contributed by atoms with Crippen molar-refractivity contribution in [3.8, 4) is 0 Å². The Balaban J connectivity index is 2.63. The van der Waals surface area contributed by atoms with E-state index in [1.807, 2.05) is 0 Å². The van der Waals surface area contributed by atoms with Crippen molar-refractivity contribution in [2.75, 3.05) is 18.9 Å². The lowest BCUT2D eigenvalue weighted by Gasteiger charge is -2.08. The summed E-state index contributed by atoms with van der Waals surface area (Å²) in [6, 6.07) is 4.40. The number of amides is 1. The molecule has 1 rings (SSSR count). The lowest BCUT2D eigenvalue weighted by atomic mass is 10.2.